The van der Waals surface area contributed by atoms with E-state index >= 15 is 0 Å². The Hall–Kier alpha value is -0.410. The lowest BCUT2D eigenvalue weighted by atomic mass is 10.2. The van der Waals surface area contributed by atoms with Crippen molar-refractivity contribution < 1.29 is 4.74 Å². The molecule has 0 bridgehead atoms. The van der Waals surface area contributed by atoms with Gasteiger partial charge in [0.2, 0.25) is 0 Å². The van der Waals surface area contributed by atoms with Gasteiger partial charge in [0.05, 0.1) is 12.7 Å². The summed E-state index contributed by atoms with van der Waals surface area (Å²) in [5.41, 5.74) is 5.69. The zero-order chi connectivity index (χ0) is 8.69. The summed E-state index contributed by atoms with van der Waals surface area (Å²) in [6.07, 6.45) is 2.87. The molecule has 3 nitrogen and oxygen atoms in total. The summed E-state index contributed by atoms with van der Waals surface area (Å²) in [6.45, 7) is 4.62. The minimum Gasteiger partial charge on any atom is -0.377 e. The molecule has 0 fully saturated rings. The fraction of sp³-hybridized carbons (Fsp3) is 0.875. The summed E-state index contributed by atoms with van der Waals surface area (Å²) in [7, 11) is 1.75. The quantitative estimate of drug-likeness (QED) is 0.602. The molecule has 0 saturated heterocycles. The summed E-state index contributed by atoms with van der Waals surface area (Å²) < 4.78 is 5.31. The van der Waals surface area contributed by atoms with E-state index in [0.717, 1.165) is 6.42 Å². The van der Waals surface area contributed by atoms with Crippen LogP contribution in [-0.2, 0) is 4.74 Å². The van der Waals surface area contributed by atoms with Gasteiger partial charge in [-0.1, -0.05) is 0 Å². The van der Waals surface area contributed by atoms with Gasteiger partial charge in [0.15, 0.2) is 0 Å². The predicted octanol–water partition coefficient (Wildman–Crippen LogP) is 0.829. The Kier molecular flexibility index (Phi) is 6.07. The molecule has 0 aromatic carbocycles. The number of ether oxygens (including phenoxy) is 1. The number of hydrogen-bond donors (Lipinski definition) is 1. The average molecular weight is 158 g/mol. The van der Waals surface area contributed by atoms with Gasteiger partial charge >= 0.3 is 0 Å². The molecule has 1 atom stereocenters. The highest BCUT2D eigenvalue weighted by molar-refractivity contribution is 5.57. The van der Waals surface area contributed by atoms with Crippen LogP contribution in [0, 0.1) is 0 Å². The number of rotatable bonds is 5. The van der Waals surface area contributed by atoms with E-state index in [-0.39, 0.29) is 12.1 Å². The number of nitrogens with zero attached hydrogens (tertiary/aromatic N) is 1. The van der Waals surface area contributed by atoms with Gasteiger partial charge in [0.25, 0.3) is 0 Å². The fourth-order valence-corrected chi connectivity index (χ4v) is 0.625. The Labute approximate surface area is 68.6 Å². The lowest BCUT2D eigenvalue weighted by Crippen LogP contribution is -2.28. The van der Waals surface area contributed by atoms with E-state index in [1.807, 2.05) is 20.1 Å². The van der Waals surface area contributed by atoms with Crippen molar-refractivity contribution in [2.24, 2.45) is 10.7 Å². The molecular weight excluding hydrogens is 140 g/mol. The van der Waals surface area contributed by atoms with Crippen LogP contribution < -0.4 is 5.73 Å². The van der Waals surface area contributed by atoms with Crippen LogP contribution in [0.1, 0.15) is 20.3 Å². The minimum absolute atomic E-state index is 0.0844. The second-order valence-corrected chi connectivity index (χ2v) is 2.82. The summed E-state index contributed by atoms with van der Waals surface area (Å²) >= 11 is 0. The smallest absolute Gasteiger partial charge is 0.0624 e. The summed E-state index contributed by atoms with van der Waals surface area (Å²) in [6, 6.07) is 0.0844. The van der Waals surface area contributed by atoms with Crippen molar-refractivity contribution in [2.75, 3.05) is 13.7 Å². The van der Waals surface area contributed by atoms with Crippen LogP contribution in [-0.4, -0.2) is 32.0 Å². The number of aliphatic imine (C=N–C) groups is 1. The maximum Gasteiger partial charge on any atom is 0.0624 e. The van der Waals surface area contributed by atoms with Gasteiger partial charge in [-0.2, -0.15) is 0 Å². The normalized spacial score (nSPS) is 14.6. The van der Waals surface area contributed by atoms with E-state index < -0.39 is 0 Å². The fourth-order valence-electron chi connectivity index (χ4n) is 0.625. The summed E-state index contributed by atoms with van der Waals surface area (Å²) in [5.74, 6) is 0. The van der Waals surface area contributed by atoms with Crippen LogP contribution >= 0.6 is 0 Å². The van der Waals surface area contributed by atoms with E-state index in [9.17, 15) is 0 Å². The van der Waals surface area contributed by atoms with Crippen LogP contribution in [0.15, 0.2) is 4.99 Å². The molecule has 3 heteroatoms. The highest BCUT2D eigenvalue weighted by atomic mass is 16.5. The van der Waals surface area contributed by atoms with Crippen molar-refractivity contribution >= 4 is 6.21 Å². The molecule has 1 unspecified atom stereocenters. The first kappa shape index (κ1) is 10.6. The second kappa shape index (κ2) is 6.31. The molecule has 0 spiro atoms. The Morgan fingerprint density at radius 3 is 2.64 bits per heavy atom. The van der Waals surface area contributed by atoms with E-state index in [1.165, 1.54) is 0 Å². The first-order valence-electron chi connectivity index (χ1n) is 3.94. The molecule has 2 N–H and O–H groups in total. The summed E-state index contributed by atoms with van der Waals surface area (Å²) in [4.78, 5) is 3.84. The van der Waals surface area contributed by atoms with Crippen LogP contribution in [0.2, 0.25) is 0 Å². The van der Waals surface area contributed by atoms with Crippen molar-refractivity contribution in [1.29, 1.82) is 0 Å². The second-order valence-electron chi connectivity index (χ2n) is 2.82. The number of hydrogen-bond acceptors (Lipinski definition) is 3. The standard InChI is InChI=1S/C8H18N2O/c1-7(2)11-6-8(9)4-5-10-3/h5,7-8H,4,6,9H2,1-3H3/b10-5+. The van der Waals surface area contributed by atoms with Gasteiger partial charge < -0.3 is 15.5 Å². The molecule has 0 aliphatic heterocycles. The molecule has 66 valence electrons. The van der Waals surface area contributed by atoms with Gasteiger partial charge in [-0.15, -0.1) is 0 Å². The molecule has 0 saturated carbocycles. The van der Waals surface area contributed by atoms with Crippen LogP contribution in [0.4, 0.5) is 0 Å². The van der Waals surface area contributed by atoms with Gasteiger partial charge in [0, 0.05) is 13.1 Å². The molecule has 0 aromatic rings. The van der Waals surface area contributed by atoms with Crippen LogP contribution in [0.5, 0.6) is 0 Å². The number of nitrogens with two attached hydrogens (primary N) is 1. The third kappa shape index (κ3) is 7.49. The molecule has 11 heavy (non-hydrogen) atoms. The summed E-state index contributed by atoms with van der Waals surface area (Å²) in [5, 5.41) is 0. The Bertz CT molecular complexity index is 113. The lowest BCUT2D eigenvalue weighted by molar-refractivity contribution is 0.0696. The van der Waals surface area contributed by atoms with Gasteiger partial charge in [-0.05, 0) is 26.5 Å². The zero-order valence-electron chi connectivity index (χ0n) is 7.58. The van der Waals surface area contributed by atoms with E-state index in [2.05, 4.69) is 4.99 Å². The molecule has 0 aliphatic rings. The lowest BCUT2D eigenvalue weighted by Gasteiger charge is -2.11. The highest BCUT2D eigenvalue weighted by Crippen LogP contribution is 1.91. The van der Waals surface area contributed by atoms with Crippen molar-refractivity contribution in [2.45, 2.75) is 32.4 Å². The van der Waals surface area contributed by atoms with Crippen molar-refractivity contribution in [3.05, 3.63) is 0 Å². The monoisotopic (exact) mass is 158 g/mol. The van der Waals surface area contributed by atoms with Crippen LogP contribution in [0.25, 0.3) is 0 Å². The third-order valence-electron chi connectivity index (χ3n) is 1.23. The van der Waals surface area contributed by atoms with Crippen molar-refractivity contribution in [3.63, 3.8) is 0 Å². The third-order valence-corrected chi connectivity index (χ3v) is 1.23. The molecule has 0 heterocycles. The molecule has 0 aromatic heterocycles. The largest absolute Gasteiger partial charge is 0.377 e. The molecule has 0 rings (SSSR count). The average Bonchev–Trinajstić information content (AvgIpc) is 1.97. The molecular formula is C8H18N2O. The van der Waals surface area contributed by atoms with Crippen molar-refractivity contribution in [3.8, 4) is 0 Å². The Morgan fingerprint density at radius 2 is 2.18 bits per heavy atom. The van der Waals surface area contributed by atoms with E-state index in [1.54, 1.807) is 7.05 Å². The van der Waals surface area contributed by atoms with Gasteiger partial charge in [-0.25, -0.2) is 0 Å². The first-order valence-corrected chi connectivity index (χ1v) is 3.94. The zero-order valence-corrected chi connectivity index (χ0v) is 7.58. The Balaban J connectivity index is 3.29. The highest BCUT2D eigenvalue weighted by Gasteiger charge is 2.01. The van der Waals surface area contributed by atoms with E-state index in [0.29, 0.717) is 6.61 Å². The first-order chi connectivity index (χ1) is 5.16. The molecule has 0 amide bonds. The predicted molar refractivity (Wildman–Crippen MR) is 48.1 cm³/mol. The van der Waals surface area contributed by atoms with E-state index in [4.69, 9.17) is 10.5 Å². The Morgan fingerprint density at radius 1 is 1.55 bits per heavy atom. The minimum atomic E-state index is 0.0844. The van der Waals surface area contributed by atoms with Gasteiger partial charge in [0.1, 0.15) is 0 Å². The maximum atomic E-state index is 5.69. The SMILES string of the molecule is C/N=C/CC(N)COC(C)C. The van der Waals surface area contributed by atoms with Crippen molar-refractivity contribution in [1.82, 2.24) is 0 Å². The van der Waals surface area contributed by atoms with Crippen LogP contribution in [0.3, 0.4) is 0 Å². The topological polar surface area (TPSA) is 47.6 Å². The van der Waals surface area contributed by atoms with Gasteiger partial charge in [-0.3, -0.25) is 0 Å². The molecule has 0 aliphatic carbocycles. The maximum absolute atomic E-state index is 5.69. The molecule has 0 radical (unpaired) electrons.